The van der Waals surface area contributed by atoms with Crippen molar-refractivity contribution in [2.24, 2.45) is 0 Å². The Bertz CT molecular complexity index is 3140. The molecule has 0 saturated carbocycles. The van der Waals surface area contributed by atoms with Gasteiger partial charge in [-0.1, -0.05) is 172 Å². The Morgan fingerprint density at radius 1 is 0.483 bits per heavy atom. The van der Waals surface area contributed by atoms with Crippen LogP contribution in [0.3, 0.4) is 0 Å². The zero-order valence-corrected chi connectivity index (χ0v) is 34.6. The maximum Gasteiger partial charge on any atom is 0.179 e. The predicted molar refractivity (Wildman–Crippen MR) is 252 cm³/mol. The van der Waals surface area contributed by atoms with E-state index >= 15 is 0 Å². The zero-order valence-electron chi connectivity index (χ0n) is 33.6. The largest absolute Gasteiger partial charge is 0.308 e. The summed E-state index contributed by atoms with van der Waals surface area (Å²) in [7, 11) is -2.96. The van der Waals surface area contributed by atoms with Gasteiger partial charge < -0.3 is 4.57 Å². The predicted octanol–water partition coefficient (Wildman–Crippen LogP) is 10.7. The average Bonchev–Trinajstić information content (AvgIpc) is 3.65. The second-order valence-corrected chi connectivity index (χ2v) is 20.0. The number of hydrogen-bond donors (Lipinski definition) is 0. The molecule has 0 atom stereocenters. The molecule has 0 bridgehead atoms. The van der Waals surface area contributed by atoms with Gasteiger partial charge in [-0.25, -0.2) is 4.98 Å². The first-order chi connectivity index (χ1) is 29.5. The number of rotatable bonds is 7. The number of nitrogens with zero attached hydrogens (tertiary/aromatic N) is 4. The number of para-hydroxylation sites is 3. The highest BCUT2D eigenvalue weighted by molar-refractivity contribution is 7.20. The Labute approximate surface area is 351 Å². The summed E-state index contributed by atoms with van der Waals surface area (Å²) < 4.78 is 2.37. The van der Waals surface area contributed by atoms with Crippen molar-refractivity contribution in [3.8, 4) is 16.9 Å². The Hall–Kier alpha value is -7.34. The van der Waals surface area contributed by atoms with E-state index in [-0.39, 0.29) is 5.41 Å². The standard InChI is InChI=1S/C55H42N4Si/c1-55(2)47-31-13-15-34-50(47)59(54-53(55)52-46-30-12-14-33-49(46)58(51(52)38-57-54)40-21-6-3-7-22-40)41-23-19-29-45(37-41)60(42-24-8-4-9-25-42,43-26-10-5-11-27-43)44-28-18-20-39(36-44)48-32-16-17-35-56-48/h3-38H,1-2H3. The molecule has 0 fully saturated rings. The van der Waals surface area contributed by atoms with Gasteiger partial charge in [0, 0.05) is 44.9 Å². The average molecular weight is 787 g/mol. The van der Waals surface area contributed by atoms with Crippen molar-refractivity contribution in [2.75, 3.05) is 4.90 Å². The highest BCUT2D eigenvalue weighted by atomic mass is 28.3. The first-order valence-corrected chi connectivity index (χ1v) is 22.7. The Balaban J connectivity index is 1.20. The molecule has 5 heteroatoms. The van der Waals surface area contributed by atoms with Crippen molar-refractivity contribution in [1.82, 2.24) is 14.5 Å². The van der Waals surface area contributed by atoms with E-state index in [1.807, 2.05) is 12.3 Å². The number of aromatic nitrogens is 3. The van der Waals surface area contributed by atoms with Crippen LogP contribution >= 0.6 is 0 Å². The minimum atomic E-state index is -2.96. The second-order valence-electron chi connectivity index (χ2n) is 16.2. The Kier molecular flexibility index (Phi) is 8.46. The molecular weight excluding hydrogens is 745 g/mol. The fourth-order valence-corrected chi connectivity index (χ4v) is 14.8. The van der Waals surface area contributed by atoms with Crippen LogP contribution in [-0.2, 0) is 5.41 Å². The maximum absolute atomic E-state index is 5.50. The van der Waals surface area contributed by atoms with Gasteiger partial charge in [0.2, 0.25) is 0 Å². The molecule has 0 N–H and O–H groups in total. The lowest BCUT2D eigenvalue weighted by Gasteiger charge is -2.42. The van der Waals surface area contributed by atoms with Crippen LogP contribution in [0, 0.1) is 0 Å². The molecule has 0 saturated heterocycles. The summed E-state index contributed by atoms with van der Waals surface area (Å²) in [6, 6.07) is 75.3. The van der Waals surface area contributed by atoms with Gasteiger partial charge in [-0.05, 0) is 74.8 Å². The fraction of sp³-hybridized carbons (Fsp3) is 0.0545. The normalized spacial score (nSPS) is 13.3. The van der Waals surface area contributed by atoms with Gasteiger partial charge in [-0.15, -0.1) is 0 Å². The van der Waals surface area contributed by atoms with Gasteiger partial charge in [0.15, 0.2) is 8.07 Å². The minimum absolute atomic E-state index is 0.351. The summed E-state index contributed by atoms with van der Waals surface area (Å²) >= 11 is 0. The lowest BCUT2D eigenvalue weighted by Crippen LogP contribution is -2.74. The quantitative estimate of drug-likeness (QED) is 0.119. The van der Waals surface area contributed by atoms with E-state index in [1.165, 1.54) is 48.2 Å². The molecule has 286 valence electrons. The van der Waals surface area contributed by atoms with Gasteiger partial charge in [0.1, 0.15) is 5.82 Å². The van der Waals surface area contributed by atoms with Crippen molar-refractivity contribution in [3.05, 3.63) is 230 Å². The monoisotopic (exact) mass is 786 g/mol. The first kappa shape index (κ1) is 35.8. The fourth-order valence-electron chi connectivity index (χ4n) is 9.97. The third kappa shape index (κ3) is 5.43. The van der Waals surface area contributed by atoms with E-state index in [9.17, 15) is 0 Å². The number of hydrogen-bond acceptors (Lipinski definition) is 3. The number of anilines is 3. The number of pyridine rings is 2. The van der Waals surface area contributed by atoms with Crippen molar-refractivity contribution in [3.63, 3.8) is 0 Å². The van der Waals surface area contributed by atoms with Crippen LogP contribution in [0.25, 0.3) is 38.8 Å². The van der Waals surface area contributed by atoms with Crippen LogP contribution in [0.15, 0.2) is 219 Å². The Morgan fingerprint density at radius 2 is 1.08 bits per heavy atom. The summed E-state index contributed by atoms with van der Waals surface area (Å²) in [5.41, 5.74) is 9.86. The van der Waals surface area contributed by atoms with Gasteiger partial charge in [-0.3, -0.25) is 9.88 Å². The summed E-state index contributed by atoms with van der Waals surface area (Å²) in [5, 5.41) is 7.70. The topological polar surface area (TPSA) is 34.0 Å². The van der Waals surface area contributed by atoms with E-state index in [4.69, 9.17) is 9.97 Å². The molecule has 10 aromatic rings. The van der Waals surface area contributed by atoms with E-state index in [0.717, 1.165) is 39.7 Å². The molecule has 7 aromatic carbocycles. The molecule has 0 radical (unpaired) electrons. The zero-order chi connectivity index (χ0) is 40.3. The minimum Gasteiger partial charge on any atom is -0.308 e. The van der Waals surface area contributed by atoms with Crippen molar-refractivity contribution in [1.29, 1.82) is 0 Å². The molecule has 0 unspecified atom stereocenters. The molecule has 1 aliphatic heterocycles. The smallest absolute Gasteiger partial charge is 0.179 e. The molecule has 4 nitrogen and oxygen atoms in total. The SMILES string of the molecule is CC1(C)c2ccccc2N(c2cccc([Si](c3ccccc3)(c3ccccc3)c3cccc(-c4ccccn4)c3)c2)c2ncc3c(c21)c1ccccc1n3-c1ccccc1. The third-order valence-electron chi connectivity index (χ3n) is 12.6. The van der Waals surface area contributed by atoms with E-state index in [2.05, 4.69) is 230 Å². The number of fused-ring (bicyclic) bond motifs is 6. The van der Waals surface area contributed by atoms with Gasteiger partial charge in [-0.2, -0.15) is 0 Å². The maximum atomic E-state index is 5.50. The van der Waals surface area contributed by atoms with Gasteiger partial charge in [0.05, 0.1) is 28.6 Å². The van der Waals surface area contributed by atoms with Crippen LogP contribution in [0.5, 0.6) is 0 Å². The molecule has 4 heterocycles. The number of benzene rings is 7. The molecule has 0 spiro atoms. The third-order valence-corrected chi connectivity index (χ3v) is 17.3. The van der Waals surface area contributed by atoms with Crippen LogP contribution in [-0.4, -0.2) is 22.6 Å². The van der Waals surface area contributed by atoms with E-state index in [0.29, 0.717) is 0 Å². The van der Waals surface area contributed by atoms with E-state index < -0.39 is 8.07 Å². The highest BCUT2D eigenvalue weighted by Gasteiger charge is 2.44. The molecule has 11 rings (SSSR count). The molecule has 1 aliphatic rings. The van der Waals surface area contributed by atoms with E-state index in [1.54, 1.807) is 0 Å². The van der Waals surface area contributed by atoms with Gasteiger partial charge in [0.25, 0.3) is 0 Å². The van der Waals surface area contributed by atoms with Gasteiger partial charge >= 0.3 is 0 Å². The van der Waals surface area contributed by atoms with Crippen LogP contribution in [0.2, 0.25) is 0 Å². The van der Waals surface area contributed by atoms with Crippen molar-refractivity contribution >= 4 is 67.8 Å². The first-order valence-electron chi connectivity index (χ1n) is 20.7. The molecular formula is C55H42N4Si. The lowest BCUT2D eigenvalue weighted by atomic mass is 9.73. The summed E-state index contributed by atoms with van der Waals surface area (Å²) in [4.78, 5) is 12.7. The summed E-state index contributed by atoms with van der Waals surface area (Å²) in [5.74, 6) is 0.961. The van der Waals surface area contributed by atoms with Crippen LogP contribution in [0.4, 0.5) is 17.2 Å². The van der Waals surface area contributed by atoms with Crippen LogP contribution < -0.4 is 25.6 Å². The molecule has 0 amide bonds. The second kappa shape index (κ2) is 14.2. The van der Waals surface area contributed by atoms with Crippen molar-refractivity contribution < 1.29 is 0 Å². The molecule has 60 heavy (non-hydrogen) atoms. The Morgan fingerprint density at radius 3 is 1.82 bits per heavy atom. The van der Waals surface area contributed by atoms with Crippen LogP contribution in [0.1, 0.15) is 25.0 Å². The molecule has 3 aromatic heterocycles. The summed E-state index contributed by atoms with van der Waals surface area (Å²) in [6.07, 6.45) is 3.97. The lowest BCUT2D eigenvalue weighted by molar-refractivity contribution is 0.634. The van der Waals surface area contributed by atoms with Crippen molar-refractivity contribution in [2.45, 2.75) is 19.3 Å². The highest BCUT2D eigenvalue weighted by Crippen LogP contribution is 2.54. The molecule has 0 aliphatic carbocycles. The summed E-state index contributed by atoms with van der Waals surface area (Å²) in [6.45, 7) is 4.73.